The van der Waals surface area contributed by atoms with Crippen molar-refractivity contribution < 1.29 is 18.4 Å². The molecule has 0 bridgehead atoms. The van der Waals surface area contributed by atoms with Crippen LogP contribution in [-0.2, 0) is 20.1 Å². The monoisotopic (exact) mass is 480 g/mol. The summed E-state index contributed by atoms with van der Waals surface area (Å²) in [5, 5.41) is 0. The fourth-order valence-corrected chi connectivity index (χ4v) is 8.02. The summed E-state index contributed by atoms with van der Waals surface area (Å²) in [6.45, 7) is 11.5. The topological polar surface area (TPSA) is 44.8 Å². The van der Waals surface area contributed by atoms with E-state index in [1.165, 1.54) is 31.2 Å². The highest BCUT2D eigenvalue weighted by Crippen LogP contribution is 2.31. The minimum absolute atomic E-state index is 0.389. The molecule has 0 N–H and O–H groups in total. The van der Waals surface area contributed by atoms with Gasteiger partial charge in [0.2, 0.25) is 0 Å². The molecule has 0 amide bonds. The lowest BCUT2D eigenvalue weighted by atomic mass is 9.98. The molecular weight excluding hydrogens is 440 g/mol. The molecule has 34 heavy (non-hydrogen) atoms. The van der Waals surface area contributed by atoms with Crippen LogP contribution in [0.1, 0.15) is 58.4 Å². The molecule has 0 spiro atoms. The normalized spacial score (nSPS) is 15.7. The van der Waals surface area contributed by atoms with Crippen LogP contribution in [0.15, 0.2) is 60.7 Å². The summed E-state index contributed by atoms with van der Waals surface area (Å²) in [5.74, 6) is 0.612. The Balaban J connectivity index is 1.49. The van der Waals surface area contributed by atoms with Crippen LogP contribution in [0.4, 0.5) is 0 Å². The van der Waals surface area contributed by atoms with Gasteiger partial charge in [-0.1, -0.05) is 82.5 Å². The molecule has 0 aromatic heterocycles. The average molecular weight is 481 g/mol. The lowest BCUT2D eigenvalue weighted by Gasteiger charge is -2.38. The number of ether oxygens (including phenoxy) is 1. The molecule has 2 aromatic rings. The minimum Gasteiger partial charge on any atom is -0.423 e. The van der Waals surface area contributed by atoms with E-state index in [4.69, 9.17) is 13.6 Å². The second-order valence-electron chi connectivity index (χ2n) is 9.54. The molecule has 1 saturated heterocycles. The molecule has 2 aromatic carbocycles. The van der Waals surface area contributed by atoms with Gasteiger partial charge >= 0.3 is 14.5 Å². The molecule has 1 heterocycles. The summed E-state index contributed by atoms with van der Waals surface area (Å²) in [5.41, 5.74) is 3.96. The van der Waals surface area contributed by atoms with Crippen molar-refractivity contribution in [2.75, 3.05) is 13.2 Å². The Kier molecular flexibility index (Phi) is 10.1. The quantitative estimate of drug-likeness (QED) is 0.137. The lowest BCUT2D eigenvalue weighted by Crippen LogP contribution is -2.49. The van der Waals surface area contributed by atoms with Crippen LogP contribution in [0.3, 0.4) is 0 Å². The second kappa shape index (κ2) is 13.0. The first-order valence-electron chi connectivity index (χ1n) is 12.8. The van der Waals surface area contributed by atoms with Crippen LogP contribution in [0.25, 0.3) is 11.1 Å². The molecule has 1 aliphatic heterocycles. The van der Waals surface area contributed by atoms with E-state index in [-0.39, 0.29) is 0 Å². The van der Waals surface area contributed by atoms with Gasteiger partial charge in [0.05, 0.1) is 0 Å². The van der Waals surface area contributed by atoms with Crippen LogP contribution in [-0.4, -0.2) is 27.7 Å². The Labute approximate surface area is 206 Å². The third-order valence-electron chi connectivity index (χ3n) is 6.53. The van der Waals surface area contributed by atoms with Crippen molar-refractivity contribution in [1.29, 1.82) is 0 Å². The van der Waals surface area contributed by atoms with E-state index in [9.17, 15) is 4.79 Å². The van der Waals surface area contributed by atoms with Gasteiger partial charge in [0.1, 0.15) is 5.75 Å². The van der Waals surface area contributed by atoms with Gasteiger partial charge in [-0.05, 0) is 60.7 Å². The van der Waals surface area contributed by atoms with E-state index >= 15 is 0 Å². The third-order valence-corrected chi connectivity index (χ3v) is 10.1. The fourth-order valence-electron chi connectivity index (χ4n) is 4.25. The summed E-state index contributed by atoms with van der Waals surface area (Å²) >= 11 is 0. The summed E-state index contributed by atoms with van der Waals surface area (Å²) < 4.78 is 18.2. The summed E-state index contributed by atoms with van der Waals surface area (Å²) in [4.78, 5) is 11.7. The lowest BCUT2D eigenvalue weighted by molar-refractivity contribution is -0.130. The van der Waals surface area contributed by atoms with Crippen molar-refractivity contribution in [1.82, 2.24) is 0 Å². The number of hydrogen-bond donors (Lipinski definition) is 0. The maximum absolute atomic E-state index is 11.7. The van der Waals surface area contributed by atoms with E-state index in [1.807, 2.05) is 24.3 Å². The summed E-state index contributed by atoms with van der Waals surface area (Å²) in [6, 6.07) is 18.6. The standard InChI is InChI=1S/C29H40O4Si/c1-5-7-19-34(20-8-6-2)31-21-25(22-32-34)10-9-24-11-13-26(14-12-24)27-15-17-28(18-16-27)33-29(30)23(3)4/h11-18,25H,3,5-10,19-22H2,1-2,4H3. The van der Waals surface area contributed by atoms with Crippen molar-refractivity contribution in [3.8, 4) is 16.9 Å². The molecule has 0 radical (unpaired) electrons. The van der Waals surface area contributed by atoms with Crippen LogP contribution in [0, 0.1) is 5.92 Å². The molecule has 5 heteroatoms. The summed E-state index contributed by atoms with van der Waals surface area (Å²) in [7, 11) is -1.97. The van der Waals surface area contributed by atoms with Gasteiger partial charge in [0.15, 0.2) is 0 Å². The average Bonchev–Trinajstić information content (AvgIpc) is 2.86. The van der Waals surface area contributed by atoms with E-state index in [0.717, 1.165) is 49.3 Å². The Morgan fingerprint density at radius 2 is 1.47 bits per heavy atom. The zero-order chi connectivity index (χ0) is 24.4. The molecule has 0 saturated carbocycles. The largest absolute Gasteiger partial charge is 0.423 e. The third kappa shape index (κ3) is 7.65. The van der Waals surface area contributed by atoms with Gasteiger partial charge in [0.25, 0.3) is 0 Å². The van der Waals surface area contributed by atoms with Gasteiger partial charge in [-0.2, -0.15) is 0 Å². The predicted molar refractivity (Wildman–Crippen MR) is 141 cm³/mol. The van der Waals surface area contributed by atoms with Crippen molar-refractivity contribution >= 4 is 14.5 Å². The number of rotatable bonds is 12. The van der Waals surface area contributed by atoms with Crippen molar-refractivity contribution in [3.63, 3.8) is 0 Å². The number of aryl methyl sites for hydroxylation is 1. The van der Waals surface area contributed by atoms with E-state index in [2.05, 4.69) is 44.7 Å². The van der Waals surface area contributed by atoms with Crippen LogP contribution in [0.5, 0.6) is 5.75 Å². The maximum atomic E-state index is 11.7. The van der Waals surface area contributed by atoms with Gasteiger partial charge in [-0.15, -0.1) is 0 Å². The molecule has 0 unspecified atom stereocenters. The number of carbonyl (C=O) groups is 1. The SMILES string of the molecule is C=C(C)C(=O)Oc1ccc(-c2ccc(CCC3CO[Si](CCCC)(CCCC)OC3)cc2)cc1. The molecule has 3 rings (SSSR count). The molecule has 184 valence electrons. The Hall–Kier alpha value is -2.21. The molecule has 4 nitrogen and oxygen atoms in total. The fraction of sp³-hybridized carbons (Fsp3) is 0.483. The number of esters is 1. The number of benzene rings is 2. The van der Waals surface area contributed by atoms with Gasteiger partial charge in [-0.25, -0.2) is 4.79 Å². The van der Waals surface area contributed by atoms with E-state index in [0.29, 0.717) is 17.2 Å². The first kappa shape index (κ1) is 26.4. The van der Waals surface area contributed by atoms with Crippen LogP contribution < -0.4 is 4.74 Å². The Morgan fingerprint density at radius 3 is 1.97 bits per heavy atom. The minimum atomic E-state index is -1.97. The Bertz CT molecular complexity index is 902. The van der Waals surface area contributed by atoms with E-state index < -0.39 is 14.5 Å². The van der Waals surface area contributed by atoms with Crippen LogP contribution in [0.2, 0.25) is 12.1 Å². The number of unbranched alkanes of at least 4 members (excludes halogenated alkanes) is 2. The first-order chi connectivity index (χ1) is 16.4. The predicted octanol–water partition coefficient (Wildman–Crippen LogP) is 7.47. The highest BCUT2D eigenvalue weighted by Gasteiger charge is 2.40. The van der Waals surface area contributed by atoms with E-state index in [1.54, 1.807) is 6.92 Å². The molecule has 0 atom stereocenters. The highest BCUT2D eigenvalue weighted by molar-refractivity contribution is 6.67. The van der Waals surface area contributed by atoms with Crippen molar-refractivity contribution in [3.05, 3.63) is 66.2 Å². The Morgan fingerprint density at radius 1 is 0.941 bits per heavy atom. The van der Waals surface area contributed by atoms with Crippen molar-refractivity contribution in [2.24, 2.45) is 5.92 Å². The highest BCUT2D eigenvalue weighted by atomic mass is 28.4. The van der Waals surface area contributed by atoms with Crippen molar-refractivity contribution in [2.45, 2.75) is 71.4 Å². The maximum Gasteiger partial charge on any atom is 0.338 e. The summed E-state index contributed by atoms with van der Waals surface area (Å²) in [6.07, 6.45) is 6.98. The molecule has 1 aliphatic rings. The first-order valence-corrected chi connectivity index (χ1v) is 15.0. The molecule has 1 fully saturated rings. The molecule has 0 aliphatic carbocycles. The second-order valence-corrected chi connectivity index (χ2v) is 12.9. The van der Waals surface area contributed by atoms with Gasteiger partial charge in [-0.3, -0.25) is 0 Å². The molecular formula is C29H40O4Si. The van der Waals surface area contributed by atoms with Gasteiger partial charge < -0.3 is 13.6 Å². The number of carbonyl (C=O) groups excluding carboxylic acids is 1. The van der Waals surface area contributed by atoms with Crippen LogP contribution >= 0.6 is 0 Å². The number of hydrogen-bond acceptors (Lipinski definition) is 4. The zero-order valence-corrected chi connectivity index (χ0v) is 22.1. The van der Waals surface area contributed by atoms with Gasteiger partial charge in [0, 0.05) is 24.7 Å². The zero-order valence-electron chi connectivity index (χ0n) is 21.1. The smallest absolute Gasteiger partial charge is 0.338 e.